The lowest BCUT2D eigenvalue weighted by atomic mass is 9.93. The van der Waals surface area contributed by atoms with Crippen LogP contribution in [0.3, 0.4) is 0 Å². The van der Waals surface area contributed by atoms with Gasteiger partial charge in [-0.25, -0.2) is 9.50 Å². The highest BCUT2D eigenvalue weighted by Gasteiger charge is 2.18. The van der Waals surface area contributed by atoms with Gasteiger partial charge >= 0.3 is 0 Å². The first kappa shape index (κ1) is 11.8. The highest BCUT2D eigenvalue weighted by Crippen LogP contribution is 2.23. The van der Waals surface area contributed by atoms with Crippen LogP contribution < -0.4 is 0 Å². The number of nitrogens with zero attached hydrogens (tertiary/aromatic N) is 4. The van der Waals surface area contributed by atoms with Crippen LogP contribution in [0, 0.1) is 0 Å². The van der Waals surface area contributed by atoms with Gasteiger partial charge in [-0.05, 0) is 6.07 Å². The Balaban J connectivity index is 2.11. The van der Waals surface area contributed by atoms with E-state index in [-0.39, 0.29) is 5.41 Å². The zero-order valence-electron chi connectivity index (χ0n) is 11.3. The SMILES string of the molecule is CC(C)(C)c1cc2ncc(-c3cccnc3)cn2n1. The van der Waals surface area contributed by atoms with Gasteiger partial charge in [-0.15, -0.1) is 0 Å². The Morgan fingerprint density at radius 1 is 1.11 bits per heavy atom. The summed E-state index contributed by atoms with van der Waals surface area (Å²) in [5.74, 6) is 0. The van der Waals surface area contributed by atoms with E-state index >= 15 is 0 Å². The lowest BCUT2D eigenvalue weighted by Crippen LogP contribution is -2.11. The topological polar surface area (TPSA) is 43.1 Å². The van der Waals surface area contributed by atoms with Gasteiger partial charge in [0, 0.05) is 47.4 Å². The number of fused-ring (bicyclic) bond motifs is 1. The molecule has 3 rings (SSSR count). The first-order valence-corrected chi connectivity index (χ1v) is 6.30. The molecule has 0 amide bonds. The third-order valence-electron chi connectivity index (χ3n) is 3.08. The fraction of sp³-hybridized carbons (Fsp3) is 0.267. The zero-order valence-corrected chi connectivity index (χ0v) is 11.3. The second kappa shape index (κ2) is 4.16. The van der Waals surface area contributed by atoms with E-state index < -0.39 is 0 Å². The summed E-state index contributed by atoms with van der Waals surface area (Å²) in [7, 11) is 0. The molecule has 0 aliphatic heterocycles. The molecule has 0 saturated heterocycles. The minimum Gasteiger partial charge on any atom is -0.264 e. The standard InChI is InChI=1S/C15H16N4/c1-15(2,3)13-7-14-17-9-12(10-19(14)18-13)11-5-4-6-16-8-11/h4-10H,1-3H3. The van der Waals surface area contributed by atoms with Crippen molar-refractivity contribution in [3.8, 4) is 11.1 Å². The van der Waals surface area contributed by atoms with Crippen LogP contribution in [-0.2, 0) is 5.41 Å². The van der Waals surface area contributed by atoms with Crippen LogP contribution in [0.1, 0.15) is 26.5 Å². The first-order chi connectivity index (χ1) is 9.04. The molecule has 0 fully saturated rings. The molecule has 3 aromatic heterocycles. The van der Waals surface area contributed by atoms with E-state index in [1.165, 1.54) is 0 Å². The molecule has 0 atom stereocenters. The molecule has 0 spiro atoms. The third kappa shape index (κ3) is 2.21. The van der Waals surface area contributed by atoms with Crippen LogP contribution >= 0.6 is 0 Å². The summed E-state index contributed by atoms with van der Waals surface area (Å²) < 4.78 is 1.84. The molecule has 19 heavy (non-hydrogen) atoms. The molecule has 4 heteroatoms. The monoisotopic (exact) mass is 252 g/mol. The lowest BCUT2D eigenvalue weighted by molar-refractivity contribution is 0.562. The van der Waals surface area contributed by atoms with E-state index in [2.05, 4.69) is 35.8 Å². The largest absolute Gasteiger partial charge is 0.264 e. The average molecular weight is 252 g/mol. The summed E-state index contributed by atoms with van der Waals surface area (Å²) in [6.07, 6.45) is 7.45. The zero-order chi connectivity index (χ0) is 13.5. The van der Waals surface area contributed by atoms with Gasteiger partial charge in [0.1, 0.15) is 0 Å². The van der Waals surface area contributed by atoms with E-state index in [0.29, 0.717) is 0 Å². The summed E-state index contributed by atoms with van der Waals surface area (Å²) in [6, 6.07) is 5.97. The van der Waals surface area contributed by atoms with Gasteiger partial charge < -0.3 is 0 Å². The molecule has 0 aromatic carbocycles. The van der Waals surface area contributed by atoms with Crippen LogP contribution in [-0.4, -0.2) is 19.6 Å². The second-order valence-electron chi connectivity index (χ2n) is 5.67. The van der Waals surface area contributed by atoms with Crippen molar-refractivity contribution in [3.05, 3.63) is 48.7 Å². The highest BCUT2D eigenvalue weighted by molar-refractivity contribution is 5.61. The summed E-state index contributed by atoms with van der Waals surface area (Å²) in [4.78, 5) is 8.59. The van der Waals surface area contributed by atoms with Gasteiger partial charge in [-0.1, -0.05) is 26.8 Å². The van der Waals surface area contributed by atoms with Crippen LogP contribution in [0.5, 0.6) is 0 Å². The highest BCUT2D eigenvalue weighted by atomic mass is 15.2. The van der Waals surface area contributed by atoms with Gasteiger partial charge in [-0.3, -0.25) is 4.98 Å². The number of rotatable bonds is 1. The van der Waals surface area contributed by atoms with Crippen LogP contribution in [0.25, 0.3) is 16.8 Å². The van der Waals surface area contributed by atoms with Crippen molar-refractivity contribution < 1.29 is 0 Å². The van der Waals surface area contributed by atoms with Crippen LogP contribution in [0.4, 0.5) is 0 Å². The second-order valence-corrected chi connectivity index (χ2v) is 5.67. The Kier molecular flexibility index (Phi) is 2.59. The van der Waals surface area contributed by atoms with Crippen LogP contribution in [0.15, 0.2) is 43.0 Å². The van der Waals surface area contributed by atoms with Crippen molar-refractivity contribution in [1.29, 1.82) is 0 Å². The fourth-order valence-corrected chi connectivity index (χ4v) is 1.93. The minimum absolute atomic E-state index is 0.0299. The van der Waals surface area contributed by atoms with Crippen molar-refractivity contribution in [2.75, 3.05) is 0 Å². The van der Waals surface area contributed by atoms with Crippen LogP contribution in [0.2, 0.25) is 0 Å². The van der Waals surface area contributed by atoms with Crippen molar-refractivity contribution in [1.82, 2.24) is 19.6 Å². The van der Waals surface area contributed by atoms with E-state index in [1.54, 1.807) is 6.20 Å². The molecular formula is C15H16N4. The van der Waals surface area contributed by atoms with Crippen molar-refractivity contribution in [2.45, 2.75) is 26.2 Å². The number of aromatic nitrogens is 4. The maximum atomic E-state index is 4.60. The molecular weight excluding hydrogens is 236 g/mol. The lowest BCUT2D eigenvalue weighted by Gasteiger charge is -2.13. The van der Waals surface area contributed by atoms with E-state index in [9.17, 15) is 0 Å². The number of hydrogen-bond acceptors (Lipinski definition) is 3. The number of hydrogen-bond donors (Lipinski definition) is 0. The fourth-order valence-electron chi connectivity index (χ4n) is 1.93. The van der Waals surface area contributed by atoms with E-state index in [0.717, 1.165) is 22.5 Å². The molecule has 96 valence electrons. The Hall–Kier alpha value is -2.23. The molecule has 3 heterocycles. The van der Waals surface area contributed by atoms with Gasteiger partial charge in [0.15, 0.2) is 5.65 Å². The summed E-state index contributed by atoms with van der Waals surface area (Å²) in [5, 5.41) is 4.60. The van der Waals surface area contributed by atoms with Gasteiger partial charge in [0.25, 0.3) is 0 Å². The summed E-state index contributed by atoms with van der Waals surface area (Å²) in [5.41, 5.74) is 4.01. The normalized spacial score (nSPS) is 11.9. The molecule has 0 saturated carbocycles. The quantitative estimate of drug-likeness (QED) is 0.668. The maximum absolute atomic E-state index is 4.60. The van der Waals surface area contributed by atoms with E-state index in [4.69, 9.17) is 0 Å². The molecule has 0 bridgehead atoms. The smallest absolute Gasteiger partial charge is 0.155 e. The van der Waals surface area contributed by atoms with Crippen molar-refractivity contribution >= 4 is 5.65 Å². The third-order valence-corrected chi connectivity index (χ3v) is 3.08. The Bertz CT molecular complexity index is 708. The molecule has 0 N–H and O–H groups in total. The molecule has 0 aliphatic rings. The van der Waals surface area contributed by atoms with Crippen molar-refractivity contribution in [3.63, 3.8) is 0 Å². The predicted octanol–water partition coefficient (Wildman–Crippen LogP) is 3.09. The number of pyridine rings is 1. The van der Waals surface area contributed by atoms with Gasteiger partial charge in [0.05, 0.1) is 5.69 Å². The predicted molar refractivity (Wildman–Crippen MR) is 74.9 cm³/mol. The molecule has 0 unspecified atom stereocenters. The molecule has 4 nitrogen and oxygen atoms in total. The maximum Gasteiger partial charge on any atom is 0.155 e. The summed E-state index contributed by atoms with van der Waals surface area (Å²) >= 11 is 0. The molecule has 0 radical (unpaired) electrons. The average Bonchev–Trinajstić information content (AvgIpc) is 2.82. The Labute approximate surface area is 112 Å². The Morgan fingerprint density at radius 2 is 1.95 bits per heavy atom. The Morgan fingerprint density at radius 3 is 2.63 bits per heavy atom. The van der Waals surface area contributed by atoms with Crippen molar-refractivity contribution in [2.24, 2.45) is 0 Å². The molecule has 3 aromatic rings. The first-order valence-electron chi connectivity index (χ1n) is 6.30. The molecule has 0 aliphatic carbocycles. The van der Waals surface area contributed by atoms with E-state index in [1.807, 2.05) is 41.3 Å². The summed E-state index contributed by atoms with van der Waals surface area (Å²) in [6.45, 7) is 6.45. The minimum atomic E-state index is 0.0299. The van der Waals surface area contributed by atoms with Gasteiger partial charge in [-0.2, -0.15) is 5.10 Å². The van der Waals surface area contributed by atoms with Gasteiger partial charge in [0.2, 0.25) is 0 Å².